The van der Waals surface area contributed by atoms with Gasteiger partial charge in [-0.2, -0.15) is 4.57 Å². The van der Waals surface area contributed by atoms with Crippen LogP contribution < -0.4 is 4.57 Å². The van der Waals surface area contributed by atoms with E-state index < -0.39 is 5.97 Å². The summed E-state index contributed by atoms with van der Waals surface area (Å²) < 4.78 is 2.08. The first-order chi connectivity index (χ1) is 12.1. The molecule has 0 aliphatic carbocycles. The molecule has 2 aromatic carbocycles. The zero-order chi connectivity index (χ0) is 17.6. The van der Waals surface area contributed by atoms with Crippen LogP contribution in [0.4, 0.5) is 0 Å². The lowest BCUT2D eigenvalue weighted by Crippen LogP contribution is -2.37. The maximum absolute atomic E-state index is 11.1. The van der Waals surface area contributed by atoms with Gasteiger partial charge in [0, 0.05) is 28.8 Å². The topological polar surface area (TPSA) is 41.2 Å². The smallest absolute Gasteiger partial charge is 0.335 e. The summed E-state index contributed by atoms with van der Waals surface area (Å²) in [6.07, 6.45) is 6.04. The number of carbonyl (C=O) groups is 1. The van der Waals surface area contributed by atoms with E-state index in [1.807, 2.05) is 66.9 Å². The normalized spacial score (nSPS) is 10.9. The van der Waals surface area contributed by atoms with E-state index in [1.54, 1.807) is 18.2 Å². The SMILES string of the molecule is O=C(O)c1cccc(C[n+]2ccccc2/C=C/c2ccc(Cl)cc2)c1. The molecule has 0 atom stereocenters. The summed E-state index contributed by atoms with van der Waals surface area (Å²) in [5.74, 6) is -0.914. The summed E-state index contributed by atoms with van der Waals surface area (Å²) in [6.45, 7) is 0.599. The number of hydrogen-bond donors (Lipinski definition) is 1. The van der Waals surface area contributed by atoms with Crippen LogP contribution in [0, 0.1) is 0 Å². The van der Waals surface area contributed by atoms with E-state index in [4.69, 9.17) is 16.7 Å². The second kappa shape index (κ2) is 7.77. The Hall–Kier alpha value is -2.91. The third-order valence-corrected chi connectivity index (χ3v) is 4.07. The van der Waals surface area contributed by atoms with Crippen LogP contribution >= 0.6 is 11.6 Å². The molecule has 4 heteroatoms. The Labute approximate surface area is 151 Å². The summed E-state index contributed by atoms with van der Waals surface area (Å²) in [5, 5.41) is 9.85. The van der Waals surface area contributed by atoms with E-state index in [9.17, 15) is 4.79 Å². The van der Waals surface area contributed by atoms with Gasteiger partial charge in [0.1, 0.15) is 0 Å². The highest BCUT2D eigenvalue weighted by Gasteiger charge is 2.10. The predicted molar refractivity (Wildman–Crippen MR) is 99.5 cm³/mol. The number of halogens is 1. The fourth-order valence-electron chi connectivity index (χ4n) is 2.54. The number of aromatic nitrogens is 1. The summed E-state index contributed by atoms with van der Waals surface area (Å²) in [6, 6.07) is 20.6. The van der Waals surface area contributed by atoms with Gasteiger partial charge in [-0.1, -0.05) is 35.9 Å². The fraction of sp³-hybridized carbons (Fsp3) is 0.0476. The summed E-state index contributed by atoms with van der Waals surface area (Å²) in [5.41, 5.74) is 3.33. The maximum Gasteiger partial charge on any atom is 0.335 e. The Morgan fingerprint density at radius 1 is 1.00 bits per heavy atom. The number of nitrogens with zero attached hydrogens (tertiary/aromatic N) is 1. The molecule has 0 bridgehead atoms. The Kier molecular flexibility index (Phi) is 5.26. The van der Waals surface area contributed by atoms with E-state index in [-0.39, 0.29) is 0 Å². The van der Waals surface area contributed by atoms with Crippen molar-refractivity contribution in [1.29, 1.82) is 0 Å². The van der Waals surface area contributed by atoms with Crippen molar-refractivity contribution >= 4 is 29.7 Å². The molecule has 3 rings (SSSR count). The average Bonchev–Trinajstić information content (AvgIpc) is 2.62. The van der Waals surface area contributed by atoms with E-state index in [2.05, 4.69) is 4.57 Å². The molecular weight excluding hydrogens is 334 g/mol. The van der Waals surface area contributed by atoms with Crippen molar-refractivity contribution in [3.8, 4) is 0 Å². The van der Waals surface area contributed by atoms with E-state index in [0.29, 0.717) is 17.1 Å². The summed E-state index contributed by atoms with van der Waals surface area (Å²) in [4.78, 5) is 11.1. The van der Waals surface area contributed by atoms with Crippen LogP contribution in [0.15, 0.2) is 72.9 Å². The number of benzene rings is 2. The molecule has 0 saturated carbocycles. The van der Waals surface area contributed by atoms with E-state index in [0.717, 1.165) is 16.8 Å². The molecule has 0 amide bonds. The first-order valence-electron chi connectivity index (χ1n) is 7.86. The Morgan fingerprint density at radius 3 is 2.56 bits per heavy atom. The van der Waals surface area contributed by atoms with Gasteiger partial charge in [-0.15, -0.1) is 0 Å². The van der Waals surface area contributed by atoms with Crippen molar-refractivity contribution in [3.05, 3.63) is 100 Å². The highest BCUT2D eigenvalue weighted by molar-refractivity contribution is 6.30. The van der Waals surface area contributed by atoms with Gasteiger partial charge in [-0.05, 0) is 42.0 Å². The van der Waals surface area contributed by atoms with Crippen molar-refractivity contribution < 1.29 is 14.5 Å². The standard InChI is InChI=1S/C21H16ClNO2/c22-19-10-7-16(8-11-19)9-12-20-6-1-2-13-23(20)15-17-4-3-5-18(14-17)21(24)25/h1-14H,15H2/p+1/b12-9+. The molecule has 0 unspecified atom stereocenters. The molecule has 0 aliphatic heterocycles. The van der Waals surface area contributed by atoms with Crippen LogP contribution in [0.1, 0.15) is 27.2 Å². The number of carboxylic acid groups (broad SMARTS) is 1. The average molecular weight is 351 g/mol. The molecule has 0 fully saturated rings. The Bertz CT molecular complexity index is 917. The minimum absolute atomic E-state index is 0.298. The van der Waals surface area contributed by atoms with Gasteiger partial charge in [0.2, 0.25) is 5.69 Å². The third-order valence-electron chi connectivity index (χ3n) is 3.82. The van der Waals surface area contributed by atoms with Crippen molar-refractivity contribution in [2.24, 2.45) is 0 Å². The largest absolute Gasteiger partial charge is 0.478 e. The number of rotatable bonds is 5. The second-order valence-electron chi connectivity index (χ2n) is 5.64. The van der Waals surface area contributed by atoms with Gasteiger partial charge in [-0.3, -0.25) is 0 Å². The van der Waals surface area contributed by atoms with Crippen LogP contribution in [0.25, 0.3) is 12.2 Å². The number of hydrogen-bond acceptors (Lipinski definition) is 1. The zero-order valence-electron chi connectivity index (χ0n) is 13.5. The molecule has 1 heterocycles. The lowest BCUT2D eigenvalue weighted by Gasteiger charge is -2.02. The molecule has 0 aliphatic rings. The lowest BCUT2D eigenvalue weighted by atomic mass is 10.1. The van der Waals surface area contributed by atoms with Crippen LogP contribution in [0.2, 0.25) is 5.02 Å². The molecule has 0 saturated heterocycles. The molecule has 0 spiro atoms. The Morgan fingerprint density at radius 2 is 1.80 bits per heavy atom. The van der Waals surface area contributed by atoms with Crippen molar-refractivity contribution in [2.75, 3.05) is 0 Å². The van der Waals surface area contributed by atoms with Gasteiger partial charge in [0.05, 0.1) is 5.56 Å². The molecule has 0 radical (unpaired) electrons. The van der Waals surface area contributed by atoms with Gasteiger partial charge in [0.15, 0.2) is 12.7 Å². The molecule has 3 nitrogen and oxygen atoms in total. The molecular formula is C21H17ClNO2+. The highest BCUT2D eigenvalue weighted by Crippen LogP contribution is 2.12. The van der Waals surface area contributed by atoms with Crippen molar-refractivity contribution in [2.45, 2.75) is 6.54 Å². The minimum atomic E-state index is -0.914. The van der Waals surface area contributed by atoms with Gasteiger partial charge in [0.25, 0.3) is 0 Å². The van der Waals surface area contributed by atoms with Crippen LogP contribution in [0.5, 0.6) is 0 Å². The number of carboxylic acids is 1. The van der Waals surface area contributed by atoms with Crippen LogP contribution in [-0.2, 0) is 6.54 Å². The number of aromatic carboxylic acids is 1. The van der Waals surface area contributed by atoms with Crippen molar-refractivity contribution in [3.63, 3.8) is 0 Å². The molecule has 124 valence electrons. The molecule has 1 aromatic heterocycles. The Balaban J connectivity index is 1.85. The summed E-state index contributed by atoms with van der Waals surface area (Å²) >= 11 is 5.91. The van der Waals surface area contributed by atoms with Gasteiger partial charge in [-0.25, -0.2) is 4.79 Å². The third kappa shape index (κ3) is 4.55. The quantitative estimate of drug-likeness (QED) is 0.686. The van der Waals surface area contributed by atoms with Crippen molar-refractivity contribution in [1.82, 2.24) is 0 Å². The van der Waals surface area contributed by atoms with Gasteiger partial charge >= 0.3 is 5.97 Å². The minimum Gasteiger partial charge on any atom is -0.478 e. The monoisotopic (exact) mass is 350 g/mol. The number of pyridine rings is 1. The van der Waals surface area contributed by atoms with E-state index in [1.165, 1.54) is 0 Å². The molecule has 25 heavy (non-hydrogen) atoms. The van der Waals surface area contributed by atoms with E-state index >= 15 is 0 Å². The molecule has 3 aromatic rings. The van der Waals surface area contributed by atoms with Gasteiger partial charge < -0.3 is 5.11 Å². The van der Waals surface area contributed by atoms with Crippen LogP contribution in [-0.4, -0.2) is 11.1 Å². The molecule has 1 N–H and O–H groups in total. The highest BCUT2D eigenvalue weighted by atomic mass is 35.5. The first kappa shape index (κ1) is 16.9. The second-order valence-corrected chi connectivity index (χ2v) is 6.08. The first-order valence-corrected chi connectivity index (χ1v) is 8.24. The lowest BCUT2D eigenvalue weighted by molar-refractivity contribution is -0.690. The maximum atomic E-state index is 11.1. The van der Waals surface area contributed by atoms with Crippen LogP contribution in [0.3, 0.4) is 0 Å². The fourth-order valence-corrected chi connectivity index (χ4v) is 2.67. The summed E-state index contributed by atoms with van der Waals surface area (Å²) in [7, 11) is 0. The predicted octanol–water partition coefficient (Wildman–Crippen LogP) is 4.54. The zero-order valence-corrected chi connectivity index (χ0v) is 14.2.